The van der Waals surface area contributed by atoms with E-state index in [-0.39, 0.29) is 6.61 Å². The molecule has 0 aliphatic heterocycles. The Bertz CT molecular complexity index is 377. The molecule has 1 rings (SSSR count). The fraction of sp³-hybridized carbons (Fsp3) is 0.462. The molecule has 0 aliphatic rings. The van der Waals surface area contributed by atoms with E-state index in [1.54, 1.807) is 19.1 Å². The van der Waals surface area contributed by atoms with Crippen LogP contribution in [-0.4, -0.2) is 30.5 Å². The maximum absolute atomic E-state index is 13.6. The van der Waals surface area contributed by atoms with Gasteiger partial charge in [-0.15, -0.1) is 0 Å². The molecule has 0 radical (unpaired) electrons. The molecule has 18 heavy (non-hydrogen) atoms. The van der Waals surface area contributed by atoms with Crippen LogP contribution in [0.1, 0.15) is 25.5 Å². The van der Waals surface area contributed by atoms with Crippen LogP contribution < -0.4 is 4.74 Å². The van der Waals surface area contributed by atoms with Crippen LogP contribution in [0.5, 0.6) is 5.75 Å². The van der Waals surface area contributed by atoms with Crippen molar-refractivity contribution in [2.24, 2.45) is 0 Å². The minimum atomic E-state index is -2.08. The van der Waals surface area contributed by atoms with Crippen LogP contribution in [0.3, 0.4) is 0 Å². The average molecular weight is 256 g/mol. The zero-order valence-electron chi connectivity index (χ0n) is 10.4. The summed E-state index contributed by atoms with van der Waals surface area (Å²) >= 11 is 0. The van der Waals surface area contributed by atoms with E-state index in [1.165, 1.54) is 12.1 Å². The second-order valence-corrected chi connectivity index (χ2v) is 3.60. The Morgan fingerprint density at radius 3 is 2.39 bits per heavy atom. The highest BCUT2D eigenvalue weighted by Gasteiger charge is 2.28. The van der Waals surface area contributed by atoms with E-state index in [1.807, 2.05) is 6.92 Å². The number of alkyl halides is 1. The predicted octanol–water partition coefficient (Wildman–Crippen LogP) is 2.02. The Labute approximate surface area is 105 Å². The molecule has 100 valence electrons. The molecule has 0 saturated carbocycles. The summed E-state index contributed by atoms with van der Waals surface area (Å²) in [4.78, 5) is 11.1. The van der Waals surface area contributed by atoms with Crippen molar-refractivity contribution in [1.82, 2.24) is 0 Å². The maximum atomic E-state index is 13.6. The highest BCUT2D eigenvalue weighted by Crippen LogP contribution is 2.22. The Hall–Kier alpha value is -1.62. The van der Waals surface area contributed by atoms with Crippen molar-refractivity contribution in [1.29, 1.82) is 0 Å². The van der Waals surface area contributed by atoms with E-state index in [0.717, 1.165) is 0 Å². The van der Waals surface area contributed by atoms with E-state index in [2.05, 4.69) is 4.74 Å². The van der Waals surface area contributed by atoms with Gasteiger partial charge in [0.05, 0.1) is 13.2 Å². The summed E-state index contributed by atoms with van der Waals surface area (Å²) < 4.78 is 23.3. The Morgan fingerprint density at radius 2 is 1.89 bits per heavy atom. The molecule has 0 saturated heterocycles. The molecule has 2 unspecified atom stereocenters. The molecule has 5 heteroatoms. The lowest BCUT2D eigenvalue weighted by molar-refractivity contribution is -0.153. The first-order chi connectivity index (χ1) is 8.60. The summed E-state index contributed by atoms with van der Waals surface area (Å²) in [5, 5.41) is 9.69. The lowest BCUT2D eigenvalue weighted by atomic mass is 10.1. The van der Waals surface area contributed by atoms with Gasteiger partial charge in [-0.1, -0.05) is 12.1 Å². The van der Waals surface area contributed by atoms with Crippen LogP contribution in [0, 0.1) is 0 Å². The first-order valence-electron chi connectivity index (χ1n) is 5.81. The zero-order chi connectivity index (χ0) is 13.5. The van der Waals surface area contributed by atoms with Gasteiger partial charge in [0.25, 0.3) is 0 Å². The van der Waals surface area contributed by atoms with Gasteiger partial charge in [0.1, 0.15) is 11.9 Å². The Kier molecular flexibility index (Phi) is 5.58. The largest absolute Gasteiger partial charge is 0.494 e. The number of rotatable bonds is 6. The standard InChI is InChI=1S/C13H17FO4/c1-3-17-10-7-5-9(6-8-10)12(15)11(14)13(16)18-4-2/h5-8,11-12,15H,3-4H2,1-2H3. The lowest BCUT2D eigenvalue weighted by Crippen LogP contribution is -2.26. The number of carbonyl (C=O) groups is 1. The molecule has 1 aromatic rings. The molecule has 1 aromatic carbocycles. The summed E-state index contributed by atoms with van der Waals surface area (Å²) in [6.45, 7) is 4.03. The summed E-state index contributed by atoms with van der Waals surface area (Å²) in [6, 6.07) is 6.25. The fourth-order valence-corrected chi connectivity index (χ4v) is 1.45. The maximum Gasteiger partial charge on any atom is 0.343 e. The SMILES string of the molecule is CCOC(=O)C(F)C(O)c1ccc(OCC)cc1. The summed E-state index contributed by atoms with van der Waals surface area (Å²) in [7, 11) is 0. The van der Waals surface area contributed by atoms with Crippen LogP contribution in [0.2, 0.25) is 0 Å². The zero-order valence-corrected chi connectivity index (χ0v) is 10.4. The molecule has 1 N–H and O–H groups in total. The normalized spacial score (nSPS) is 13.8. The van der Waals surface area contributed by atoms with Crippen molar-refractivity contribution in [3.8, 4) is 5.75 Å². The summed E-state index contributed by atoms with van der Waals surface area (Å²) in [5.41, 5.74) is 0.305. The van der Waals surface area contributed by atoms with Crippen molar-refractivity contribution in [2.45, 2.75) is 26.1 Å². The van der Waals surface area contributed by atoms with Gasteiger partial charge in [-0.25, -0.2) is 9.18 Å². The van der Waals surface area contributed by atoms with Crippen LogP contribution in [0.25, 0.3) is 0 Å². The van der Waals surface area contributed by atoms with Crippen LogP contribution in [-0.2, 0) is 9.53 Å². The third-order valence-corrected chi connectivity index (χ3v) is 2.32. The number of esters is 1. The second kappa shape index (κ2) is 6.96. The minimum Gasteiger partial charge on any atom is -0.494 e. The van der Waals surface area contributed by atoms with Gasteiger partial charge < -0.3 is 14.6 Å². The summed E-state index contributed by atoms with van der Waals surface area (Å²) in [5.74, 6) is -0.432. The minimum absolute atomic E-state index is 0.0786. The van der Waals surface area contributed by atoms with Crippen molar-refractivity contribution in [3.05, 3.63) is 29.8 Å². The monoisotopic (exact) mass is 256 g/mol. The van der Waals surface area contributed by atoms with Crippen LogP contribution in [0.4, 0.5) is 4.39 Å². The molecule has 0 aromatic heterocycles. The van der Waals surface area contributed by atoms with Crippen molar-refractivity contribution >= 4 is 5.97 Å². The number of aliphatic hydroxyl groups is 1. The van der Waals surface area contributed by atoms with Gasteiger partial charge in [-0.3, -0.25) is 0 Å². The fourth-order valence-electron chi connectivity index (χ4n) is 1.45. The van der Waals surface area contributed by atoms with E-state index >= 15 is 0 Å². The van der Waals surface area contributed by atoms with Gasteiger partial charge in [0, 0.05) is 0 Å². The molecular formula is C13H17FO4. The number of carbonyl (C=O) groups excluding carboxylic acids is 1. The number of halogens is 1. The van der Waals surface area contributed by atoms with Gasteiger partial charge in [0.15, 0.2) is 0 Å². The molecule has 2 atom stereocenters. The third-order valence-electron chi connectivity index (χ3n) is 2.32. The second-order valence-electron chi connectivity index (χ2n) is 3.60. The quantitative estimate of drug-likeness (QED) is 0.791. The first kappa shape index (κ1) is 14.4. The third kappa shape index (κ3) is 3.70. The van der Waals surface area contributed by atoms with Crippen molar-refractivity contribution in [3.63, 3.8) is 0 Å². The number of aliphatic hydroxyl groups excluding tert-OH is 1. The number of hydrogen-bond acceptors (Lipinski definition) is 4. The molecule has 0 bridgehead atoms. The van der Waals surface area contributed by atoms with E-state index in [4.69, 9.17) is 4.74 Å². The molecule has 0 spiro atoms. The number of hydrogen-bond donors (Lipinski definition) is 1. The van der Waals surface area contributed by atoms with E-state index in [0.29, 0.717) is 17.9 Å². The van der Waals surface area contributed by atoms with Gasteiger partial charge in [-0.05, 0) is 31.5 Å². The Morgan fingerprint density at radius 1 is 1.28 bits per heavy atom. The number of ether oxygens (including phenoxy) is 2. The predicted molar refractivity (Wildman–Crippen MR) is 64.1 cm³/mol. The van der Waals surface area contributed by atoms with Crippen LogP contribution >= 0.6 is 0 Å². The first-order valence-corrected chi connectivity index (χ1v) is 5.81. The molecule has 0 aliphatic carbocycles. The molecule has 4 nitrogen and oxygen atoms in total. The highest BCUT2D eigenvalue weighted by molar-refractivity contribution is 5.75. The summed E-state index contributed by atoms with van der Waals surface area (Å²) in [6.07, 6.45) is -3.61. The smallest absolute Gasteiger partial charge is 0.343 e. The molecule has 0 heterocycles. The van der Waals surface area contributed by atoms with Crippen LogP contribution in [0.15, 0.2) is 24.3 Å². The Balaban J connectivity index is 2.71. The number of benzene rings is 1. The van der Waals surface area contributed by atoms with Gasteiger partial charge >= 0.3 is 5.97 Å². The lowest BCUT2D eigenvalue weighted by Gasteiger charge is -2.15. The van der Waals surface area contributed by atoms with Gasteiger partial charge in [-0.2, -0.15) is 0 Å². The molecule has 0 fully saturated rings. The van der Waals surface area contributed by atoms with E-state index < -0.39 is 18.2 Å². The van der Waals surface area contributed by atoms with Gasteiger partial charge in [0.2, 0.25) is 6.17 Å². The van der Waals surface area contributed by atoms with Crippen molar-refractivity contribution < 1.29 is 23.8 Å². The van der Waals surface area contributed by atoms with E-state index in [9.17, 15) is 14.3 Å². The molecular weight excluding hydrogens is 239 g/mol. The molecule has 0 amide bonds. The average Bonchev–Trinajstić information content (AvgIpc) is 2.38. The highest BCUT2D eigenvalue weighted by atomic mass is 19.1. The topological polar surface area (TPSA) is 55.8 Å². The van der Waals surface area contributed by atoms with Crippen molar-refractivity contribution in [2.75, 3.05) is 13.2 Å².